The molecule has 1 aliphatic heterocycles. The van der Waals surface area contributed by atoms with Gasteiger partial charge in [-0.1, -0.05) is 12.1 Å². The van der Waals surface area contributed by atoms with Crippen LogP contribution < -0.4 is 10.3 Å². The van der Waals surface area contributed by atoms with Gasteiger partial charge in [0, 0.05) is 12.4 Å². The van der Waals surface area contributed by atoms with E-state index in [4.69, 9.17) is 9.47 Å². The zero-order valence-corrected chi connectivity index (χ0v) is 12.8. The molecule has 0 N–H and O–H groups in total. The fourth-order valence-electron chi connectivity index (χ4n) is 3.66. The molecule has 1 aromatic heterocycles. The Morgan fingerprint density at radius 1 is 1.41 bits per heavy atom. The zero-order chi connectivity index (χ0) is 15.6. The first kappa shape index (κ1) is 13.4. The van der Waals surface area contributed by atoms with Gasteiger partial charge >= 0.3 is 5.97 Å². The summed E-state index contributed by atoms with van der Waals surface area (Å²) in [5.74, 6) is 0.145. The van der Waals surface area contributed by atoms with E-state index in [2.05, 4.69) is 0 Å². The first-order chi connectivity index (χ1) is 10.5. The van der Waals surface area contributed by atoms with Crippen molar-refractivity contribution in [3.63, 3.8) is 0 Å². The summed E-state index contributed by atoms with van der Waals surface area (Å²) in [4.78, 5) is 24.9. The highest BCUT2D eigenvalue weighted by Gasteiger charge is 2.74. The molecule has 3 unspecified atom stereocenters. The number of rotatable bonds is 2. The van der Waals surface area contributed by atoms with E-state index < -0.39 is 5.41 Å². The average Bonchev–Trinajstić information content (AvgIpc) is 2.92. The van der Waals surface area contributed by atoms with Gasteiger partial charge in [-0.3, -0.25) is 9.59 Å². The SMILES string of the molecule is CCOC(=O)C1(C)C2Oc3c(c(=O)n(C)c4ccccc34)C21. The van der Waals surface area contributed by atoms with Gasteiger partial charge < -0.3 is 14.0 Å². The number of hydrogen-bond donors (Lipinski definition) is 0. The molecule has 22 heavy (non-hydrogen) atoms. The average molecular weight is 299 g/mol. The highest BCUT2D eigenvalue weighted by atomic mass is 16.5. The summed E-state index contributed by atoms with van der Waals surface area (Å²) in [5.41, 5.74) is 0.624. The van der Waals surface area contributed by atoms with Crippen LogP contribution in [0.1, 0.15) is 25.3 Å². The van der Waals surface area contributed by atoms with E-state index in [9.17, 15) is 9.59 Å². The third-order valence-electron chi connectivity index (χ3n) is 4.99. The van der Waals surface area contributed by atoms with Crippen molar-refractivity contribution in [2.75, 3.05) is 6.61 Å². The minimum atomic E-state index is -0.738. The number of benzene rings is 1. The van der Waals surface area contributed by atoms with Crippen LogP contribution in [0.2, 0.25) is 0 Å². The number of aromatic nitrogens is 1. The smallest absolute Gasteiger partial charge is 0.316 e. The second-order valence-electron chi connectivity index (χ2n) is 6.14. The predicted molar refractivity (Wildman–Crippen MR) is 81.1 cm³/mol. The third kappa shape index (κ3) is 1.39. The molecule has 1 fully saturated rings. The molecule has 5 nitrogen and oxygen atoms in total. The lowest BCUT2D eigenvalue weighted by Gasteiger charge is -2.17. The second kappa shape index (κ2) is 4.12. The number of nitrogens with zero attached hydrogens (tertiary/aromatic N) is 1. The number of ether oxygens (including phenoxy) is 2. The van der Waals surface area contributed by atoms with Crippen LogP contribution in [0.15, 0.2) is 29.1 Å². The highest BCUT2D eigenvalue weighted by molar-refractivity contribution is 5.91. The molecule has 2 aromatic rings. The topological polar surface area (TPSA) is 57.5 Å². The van der Waals surface area contributed by atoms with E-state index in [1.165, 1.54) is 0 Å². The molecule has 0 bridgehead atoms. The maximum atomic E-state index is 12.7. The quantitative estimate of drug-likeness (QED) is 0.796. The largest absolute Gasteiger partial charge is 0.487 e. The van der Waals surface area contributed by atoms with Gasteiger partial charge in [0.2, 0.25) is 0 Å². The molecule has 3 atom stereocenters. The van der Waals surface area contributed by atoms with Crippen LogP contribution in [0.25, 0.3) is 10.9 Å². The summed E-state index contributed by atoms with van der Waals surface area (Å²) in [6.07, 6.45) is -0.292. The molecule has 2 aliphatic rings. The number of para-hydroxylation sites is 1. The van der Waals surface area contributed by atoms with Crippen molar-refractivity contribution in [2.24, 2.45) is 12.5 Å². The van der Waals surface area contributed by atoms with Crippen LogP contribution in [0.3, 0.4) is 0 Å². The van der Waals surface area contributed by atoms with Gasteiger partial charge in [-0.05, 0) is 26.0 Å². The molecule has 114 valence electrons. The van der Waals surface area contributed by atoms with Crippen LogP contribution in [0.5, 0.6) is 5.75 Å². The number of pyridine rings is 1. The van der Waals surface area contributed by atoms with Crippen LogP contribution in [-0.2, 0) is 16.6 Å². The standard InChI is InChI=1S/C17H17NO4/c1-4-21-16(20)17(2)12-11-13(22-14(12)17)9-7-5-6-8-10(9)18(3)15(11)19/h5-8,12,14H,4H2,1-3H3. The van der Waals surface area contributed by atoms with E-state index in [0.717, 1.165) is 10.9 Å². The van der Waals surface area contributed by atoms with Crippen molar-refractivity contribution in [3.8, 4) is 5.75 Å². The van der Waals surface area contributed by atoms with E-state index in [1.807, 2.05) is 31.2 Å². The van der Waals surface area contributed by atoms with Gasteiger partial charge in [0.25, 0.3) is 5.56 Å². The monoisotopic (exact) mass is 299 g/mol. The van der Waals surface area contributed by atoms with Crippen LogP contribution in [-0.4, -0.2) is 23.2 Å². The van der Waals surface area contributed by atoms with Gasteiger partial charge in [0.1, 0.15) is 17.3 Å². The summed E-state index contributed by atoms with van der Waals surface area (Å²) in [6, 6.07) is 7.66. The number of aryl methyl sites for hydroxylation is 1. The summed E-state index contributed by atoms with van der Waals surface area (Å²) in [7, 11) is 1.75. The van der Waals surface area contributed by atoms with Crippen LogP contribution in [0.4, 0.5) is 0 Å². The van der Waals surface area contributed by atoms with E-state index in [0.29, 0.717) is 17.9 Å². The molecule has 2 heterocycles. The molecule has 1 aliphatic carbocycles. The predicted octanol–water partition coefficient (Wildman–Crippen LogP) is 1.97. The molecule has 0 saturated heterocycles. The molecule has 1 saturated carbocycles. The Kier molecular flexibility index (Phi) is 2.50. The Hall–Kier alpha value is -2.30. The van der Waals surface area contributed by atoms with Crippen molar-refractivity contribution in [3.05, 3.63) is 40.2 Å². The lowest BCUT2D eigenvalue weighted by molar-refractivity contribution is -0.150. The summed E-state index contributed by atoms with van der Waals surface area (Å²) in [5, 5.41) is 0.915. The Morgan fingerprint density at radius 3 is 2.86 bits per heavy atom. The molecule has 0 amide bonds. The Balaban J connectivity index is 1.90. The number of hydrogen-bond acceptors (Lipinski definition) is 4. The second-order valence-corrected chi connectivity index (χ2v) is 6.14. The molecular weight excluding hydrogens is 282 g/mol. The van der Waals surface area contributed by atoms with Gasteiger partial charge in [0.05, 0.1) is 23.6 Å². The number of esters is 1. The maximum Gasteiger partial charge on any atom is 0.316 e. The zero-order valence-electron chi connectivity index (χ0n) is 12.8. The molecular formula is C17H17NO4. The van der Waals surface area contributed by atoms with Crippen molar-refractivity contribution >= 4 is 16.9 Å². The number of carbonyl (C=O) groups is 1. The van der Waals surface area contributed by atoms with Crippen molar-refractivity contribution < 1.29 is 14.3 Å². The number of fused-ring (bicyclic) bond motifs is 5. The van der Waals surface area contributed by atoms with E-state index in [-0.39, 0.29) is 23.6 Å². The summed E-state index contributed by atoms with van der Waals surface area (Å²) in [6.45, 7) is 3.93. The summed E-state index contributed by atoms with van der Waals surface area (Å²) < 4.78 is 12.8. The molecule has 1 aromatic carbocycles. The molecule has 5 heteroatoms. The highest BCUT2D eigenvalue weighted by Crippen LogP contribution is 2.67. The van der Waals surface area contributed by atoms with Gasteiger partial charge in [-0.15, -0.1) is 0 Å². The summed E-state index contributed by atoms with van der Waals surface area (Å²) >= 11 is 0. The van der Waals surface area contributed by atoms with Crippen molar-refractivity contribution in [2.45, 2.75) is 25.9 Å². The van der Waals surface area contributed by atoms with Crippen LogP contribution in [0, 0.1) is 5.41 Å². The first-order valence-electron chi connectivity index (χ1n) is 7.47. The lowest BCUT2D eigenvalue weighted by atomic mass is 9.99. The Labute approximate surface area is 127 Å². The number of carbonyl (C=O) groups excluding carboxylic acids is 1. The Morgan fingerprint density at radius 2 is 2.14 bits per heavy atom. The van der Waals surface area contributed by atoms with Gasteiger partial charge in [-0.25, -0.2) is 0 Å². The van der Waals surface area contributed by atoms with Gasteiger partial charge in [-0.2, -0.15) is 0 Å². The van der Waals surface area contributed by atoms with E-state index in [1.54, 1.807) is 18.5 Å². The molecule has 0 spiro atoms. The normalized spacial score (nSPS) is 28.0. The lowest BCUT2D eigenvalue weighted by Crippen LogP contribution is -2.27. The fourth-order valence-corrected chi connectivity index (χ4v) is 3.66. The Bertz CT molecular complexity index is 869. The first-order valence-corrected chi connectivity index (χ1v) is 7.47. The van der Waals surface area contributed by atoms with E-state index >= 15 is 0 Å². The van der Waals surface area contributed by atoms with Crippen LogP contribution >= 0.6 is 0 Å². The van der Waals surface area contributed by atoms with Crippen molar-refractivity contribution in [1.82, 2.24) is 4.57 Å². The minimum Gasteiger partial charge on any atom is -0.487 e. The minimum absolute atomic E-state index is 0.0887. The third-order valence-corrected chi connectivity index (χ3v) is 4.99. The van der Waals surface area contributed by atoms with Crippen molar-refractivity contribution in [1.29, 1.82) is 0 Å². The molecule has 0 radical (unpaired) electrons. The fraction of sp³-hybridized carbons (Fsp3) is 0.412. The maximum absolute atomic E-state index is 12.7. The molecule has 4 rings (SSSR count). The van der Waals surface area contributed by atoms with Gasteiger partial charge in [0.15, 0.2) is 0 Å².